The maximum absolute atomic E-state index is 13.3. The Morgan fingerprint density at radius 1 is 0.939 bits per heavy atom. The third-order valence-corrected chi connectivity index (χ3v) is 5.38. The number of carbonyl (C=O) groups excluding carboxylic acids is 2. The zero-order chi connectivity index (χ0) is 24.2. The standard InChI is InChI=1S/C26H36N2O5/c1-6-22(26(30)27-4)28(18-20-9-13-21(31-5)14-10-20)25(29)16-12-19-11-15-23(32-7-2)24(17-19)33-8-3/h9-11,13-15,17,22H,6-8,12,16,18H2,1-5H3,(H,27,30)/t22-/m1/s1. The summed E-state index contributed by atoms with van der Waals surface area (Å²) in [7, 11) is 3.21. The second kappa shape index (κ2) is 13.4. The molecule has 2 rings (SSSR count). The normalized spacial score (nSPS) is 11.4. The molecule has 0 aliphatic heterocycles. The van der Waals surface area contributed by atoms with E-state index in [1.807, 2.05) is 63.2 Å². The van der Waals surface area contributed by atoms with Crippen LogP contribution in [0.5, 0.6) is 17.2 Å². The van der Waals surface area contributed by atoms with Crippen LogP contribution in [-0.2, 0) is 22.6 Å². The summed E-state index contributed by atoms with van der Waals surface area (Å²) in [5.41, 5.74) is 1.92. The van der Waals surface area contributed by atoms with Gasteiger partial charge in [0, 0.05) is 20.0 Å². The number of carbonyl (C=O) groups is 2. The summed E-state index contributed by atoms with van der Waals surface area (Å²) in [4.78, 5) is 27.5. The Morgan fingerprint density at radius 2 is 1.58 bits per heavy atom. The van der Waals surface area contributed by atoms with Crippen LogP contribution >= 0.6 is 0 Å². The van der Waals surface area contributed by atoms with Crippen LogP contribution in [0.1, 0.15) is 44.7 Å². The number of ether oxygens (including phenoxy) is 3. The molecule has 0 bridgehead atoms. The van der Waals surface area contributed by atoms with Crippen LogP contribution in [0.4, 0.5) is 0 Å². The second-order valence-electron chi connectivity index (χ2n) is 7.56. The molecule has 0 aliphatic carbocycles. The van der Waals surface area contributed by atoms with E-state index >= 15 is 0 Å². The molecule has 0 saturated heterocycles. The average Bonchev–Trinajstić information content (AvgIpc) is 2.84. The van der Waals surface area contributed by atoms with Gasteiger partial charge in [-0.15, -0.1) is 0 Å². The highest BCUT2D eigenvalue weighted by Crippen LogP contribution is 2.29. The Balaban J connectivity index is 2.19. The molecule has 2 aromatic rings. The Labute approximate surface area is 197 Å². The number of rotatable bonds is 13. The molecule has 33 heavy (non-hydrogen) atoms. The Kier molecular flexibility index (Phi) is 10.5. The minimum atomic E-state index is -0.538. The van der Waals surface area contributed by atoms with Crippen molar-refractivity contribution in [3.8, 4) is 17.2 Å². The summed E-state index contributed by atoms with van der Waals surface area (Å²) in [6.07, 6.45) is 1.34. The summed E-state index contributed by atoms with van der Waals surface area (Å²) >= 11 is 0. The van der Waals surface area contributed by atoms with Gasteiger partial charge in [0.2, 0.25) is 11.8 Å². The second-order valence-corrected chi connectivity index (χ2v) is 7.56. The van der Waals surface area contributed by atoms with Crippen molar-refractivity contribution in [3.63, 3.8) is 0 Å². The lowest BCUT2D eigenvalue weighted by molar-refractivity contribution is -0.141. The van der Waals surface area contributed by atoms with Crippen LogP contribution in [0.3, 0.4) is 0 Å². The van der Waals surface area contributed by atoms with E-state index in [9.17, 15) is 9.59 Å². The topological polar surface area (TPSA) is 77.1 Å². The predicted octanol–water partition coefficient (Wildman–Crippen LogP) is 3.98. The van der Waals surface area contributed by atoms with E-state index in [-0.39, 0.29) is 18.2 Å². The van der Waals surface area contributed by atoms with Gasteiger partial charge in [0.1, 0.15) is 11.8 Å². The van der Waals surface area contributed by atoms with E-state index in [0.717, 1.165) is 16.9 Å². The number of likely N-dealkylation sites (N-methyl/N-ethyl adjacent to an activating group) is 1. The fraction of sp³-hybridized carbons (Fsp3) is 0.462. The smallest absolute Gasteiger partial charge is 0.242 e. The van der Waals surface area contributed by atoms with Gasteiger partial charge in [-0.2, -0.15) is 0 Å². The maximum Gasteiger partial charge on any atom is 0.242 e. The van der Waals surface area contributed by atoms with E-state index in [0.29, 0.717) is 44.1 Å². The third kappa shape index (κ3) is 7.41. The number of hydrogen-bond acceptors (Lipinski definition) is 5. The molecular weight excluding hydrogens is 420 g/mol. The number of amides is 2. The largest absolute Gasteiger partial charge is 0.497 e. The minimum absolute atomic E-state index is 0.0758. The van der Waals surface area contributed by atoms with Crippen molar-refractivity contribution in [2.75, 3.05) is 27.4 Å². The van der Waals surface area contributed by atoms with Crippen molar-refractivity contribution < 1.29 is 23.8 Å². The molecule has 1 N–H and O–H groups in total. The highest BCUT2D eigenvalue weighted by molar-refractivity contribution is 5.87. The van der Waals surface area contributed by atoms with E-state index in [2.05, 4.69) is 5.32 Å². The highest BCUT2D eigenvalue weighted by Gasteiger charge is 2.27. The zero-order valence-corrected chi connectivity index (χ0v) is 20.3. The van der Waals surface area contributed by atoms with Gasteiger partial charge in [-0.05, 0) is 62.1 Å². The first-order valence-electron chi connectivity index (χ1n) is 11.5. The van der Waals surface area contributed by atoms with Gasteiger partial charge in [-0.3, -0.25) is 9.59 Å². The fourth-order valence-electron chi connectivity index (χ4n) is 3.66. The first kappa shape index (κ1) is 26.0. The Bertz CT molecular complexity index is 898. The molecule has 0 saturated carbocycles. The Morgan fingerprint density at radius 3 is 2.15 bits per heavy atom. The summed E-state index contributed by atoms with van der Waals surface area (Å²) < 4.78 is 16.5. The number of benzene rings is 2. The van der Waals surface area contributed by atoms with Gasteiger partial charge in [0.25, 0.3) is 0 Å². The fourth-order valence-corrected chi connectivity index (χ4v) is 3.66. The van der Waals surface area contributed by atoms with Crippen LogP contribution in [-0.4, -0.2) is 50.1 Å². The highest BCUT2D eigenvalue weighted by atomic mass is 16.5. The number of nitrogens with zero attached hydrogens (tertiary/aromatic N) is 1. The van der Waals surface area contributed by atoms with Crippen molar-refractivity contribution in [1.82, 2.24) is 10.2 Å². The van der Waals surface area contributed by atoms with E-state index in [4.69, 9.17) is 14.2 Å². The van der Waals surface area contributed by atoms with Gasteiger partial charge in [0.15, 0.2) is 11.5 Å². The summed E-state index contributed by atoms with van der Waals surface area (Å²) in [6, 6.07) is 12.7. The van der Waals surface area contributed by atoms with E-state index in [1.54, 1.807) is 19.1 Å². The maximum atomic E-state index is 13.3. The molecule has 0 radical (unpaired) electrons. The van der Waals surface area contributed by atoms with Crippen LogP contribution in [0.15, 0.2) is 42.5 Å². The van der Waals surface area contributed by atoms with Crippen molar-refractivity contribution >= 4 is 11.8 Å². The predicted molar refractivity (Wildman–Crippen MR) is 129 cm³/mol. The molecule has 7 heteroatoms. The molecule has 2 amide bonds. The molecule has 0 unspecified atom stereocenters. The minimum Gasteiger partial charge on any atom is -0.497 e. The monoisotopic (exact) mass is 456 g/mol. The summed E-state index contributed by atoms with van der Waals surface area (Å²) in [5.74, 6) is 1.88. The zero-order valence-electron chi connectivity index (χ0n) is 20.3. The first-order valence-corrected chi connectivity index (χ1v) is 11.5. The van der Waals surface area contributed by atoms with Gasteiger partial charge in [0.05, 0.1) is 20.3 Å². The van der Waals surface area contributed by atoms with Gasteiger partial charge >= 0.3 is 0 Å². The number of aryl methyl sites for hydroxylation is 1. The summed E-state index contributed by atoms with van der Waals surface area (Å²) in [5, 5.41) is 2.69. The lowest BCUT2D eigenvalue weighted by Crippen LogP contribution is -2.48. The number of methoxy groups -OCH3 is 1. The van der Waals surface area contributed by atoms with Gasteiger partial charge in [-0.25, -0.2) is 0 Å². The van der Waals surface area contributed by atoms with Crippen LogP contribution in [0, 0.1) is 0 Å². The average molecular weight is 457 g/mol. The number of nitrogens with one attached hydrogen (secondary N) is 1. The molecular formula is C26H36N2O5. The lowest BCUT2D eigenvalue weighted by Gasteiger charge is -2.30. The van der Waals surface area contributed by atoms with Crippen LogP contribution in [0.25, 0.3) is 0 Å². The van der Waals surface area contributed by atoms with E-state index < -0.39 is 6.04 Å². The van der Waals surface area contributed by atoms with Crippen molar-refractivity contribution in [2.24, 2.45) is 0 Å². The number of hydrogen-bond donors (Lipinski definition) is 1. The molecule has 180 valence electrons. The molecule has 2 aromatic carbocycles. The van der Waals surface area contributed by atoms with Crippen molar-refractivity contribution in [3.05, 3.63) is 53.6 Å². The van der Waals surface area contributed by atoms with Crippen LogP contribution in [0.2, 0.25) is 0 Å². The quantitative estimate of drug-likeness (QED) is 0.493. The van der Waals surface area contributed by atoms with Gasteiger partial charge < -0.3 is 24.4 Å². The van der Waals surface area contributed by atoms with Crippen LogP contribution < -0.4 is 19.5 Å². The molecule has 1 atom stereocenters. The third-order valence-electron chi connectivity index (χ3n) is 5.38. The molecule has 0 spiro atoms. The van der Waals surface area contributed by atoms with Crippen molar-refractivity contribution in [1.29, 1.82) is 0 Å². The van der Waals surface area contributed by atoms with E-state index in [1.165, 1.54) is 0 Å². The SMILES string of the molecule is CCOc1ccc(CCC(=O)N(Cc2ccc(OC)cc2)[C@H](CC)C(=O)NC)cc1OCC. The molecule has 0 aliphatic rings. The first-order chi connectivity index (χ1) is 16.0. The molecule has 0 heterocycles. The molecule has 7 nitrogen and oxygen atoms in total. The lowest BCUT2D eigenvalue weighted by atomic mass is 10.1. The molecule has 0 aromatic heterocycles. The van der Waals surface area contributed by atoms with Gasteiger partial charge in [-0.1, -0.05) is 25.1 Å². The molecule has 0 fully saturated rings. The van der Waals surface area contributed by atoms with Crippen molar-refractivity contribution in [2.45, 2.75) is 52.6 Å². The summed E-state index contributed by atoms with van der Waals surface area (Å²) in [6.45, 7) is 7.19. The Hall–Kier alpha value is -3.22.